The minimum atomic E-state index is -1.08. The van der Waals surface area contributed by atoms with Crippen LogP contribution in [0.1, 0.15) is 27.2 Å². The Morgan fingerprint density at radius 3 is 2.17 bits per heavy atom. The Morgan fingerprint density at radius 2 is 1.92 bits per heavy atom. The highest BCUT2D eigenvalue weighted by Gasteiger charge is 2.21. The van der Waals surface area contributed by atoms with Crippen LogP contribution >= 0.6 is 0 Å². The van der Waals surface area contributed by atoms with Crippen LogP contribution in [0.15, 0.2) is 0 Å². The van der Waals surface area contributed by atoms with Gasteiger partial charge in [0.25, 0.3) is 0 Å². The minimum Gasteiger partial charge on any atom is -0.479 e. The van der Waals surface area contributed by atoms with Gasteiger partial charge in [-0.25, -0.2) is 4.79 Å². The number of carbonyl (C=O) groups is 2. The Kier molecular flexibility index (Phi) is 4.33. The second-order valence-corrected chi connectivity index (χ2v) is 3.07. The lowest BCUT2D eigenvalue weighted by atomic mass is 10.1. The molecule has 0 rings (SSSR count). The maximum Gasteiger partial charge on any atom is 0.345 e. The average Bonchev–Trinajstić information content (AvgIpc) is 1.83. The third-order valence-electron chi connectivity index (χ3n) is 1.27. The molecule has 0 radical (unpaired) electrons. The van der Waals surface area contributed by atoms with E-state index in [1.54, 1.807) is 0 Å². The van der Waals surface area contributed by atoms with Gasteiger partial charge in [0.15, 0.2) is 6.10 Å². The molecule has 0 bridgehead atoms. The molecule has 0 aliphatic carbocycles. The van der Waals surface area contributed by atoms with E-state index in [2.05, 4.69) is 4.74 Å². The van der Waals surface area contributed by atoms with Gasteiger partial charge in [0.05, 0.1) is 0 Å². The van der Waals surface area contributed by atoms with Gasteiger partial charge in [-0.05, 0) is 12.3 Å². The van der Waals surface area contributed by atoms with Crippen molar-refractivity contribution in [3.8, 4) is 0 Å². The number of carboxylic acid groups (broad SMARTS) is 1. The van der Waals surface area contributed by atoms with Crippen LogP contribution in [0.5, 0.6) is 0 Å². The standard InChI is InChI=1S/C8H14O4/c1-5(2)4-7(8(10)11)12-6(3)9/h5,7H,4H2,1-3H3,(H,10,11)/t7-/m1/s1. The van der Waals surface area contributed by atoms with Crippen molar-refractivity contribution in [3.05, 3.63) is 0 Å². The van der Waals surface area contributed by atoms with Crippen molar-refractivity contribution in [2.75, 3.05) is 0 Å². The number of carboxylic acids is 1. The van der Waals surface area contributed by atoms with Crippen LogP contribution in [0, 0.1) is 5.92 Å². The molecule has 0 heterocycles. The molecule has 0 aliphatic heterocycles. The zero-order chi connectivity index (χ0) is 9.72. The molecule has 12 heavy (non-hydrogen) atoms. The van der Waals surface area contributed by atoms with Crippen molar-refractivity contribution in [3.63, 3.8) is 0 Å². The van der Waals surface area contributed by atoms with Crippen molar-refractivity contribution >= 4 is 11.9 Å². The average molecular weight is 174 g/mol. The summed E-state index contributed by atoms with van der Waals surface area (Å²) in [4.78, 5) is 20.9. The molecule has 0 aromatic heterocycles. The van der Waals surface area contributed by atoms with Crippen LogP contribution in [0.2, 0.25) is 0 Å². The van der Waals surface area contributed by atoms with Gasteiger partial charge >= 0.3 is 11.9 Å². The smallest absolute Gasteiger partial charge is 0.345 e. The second kappa shape index (κ2) is 4.74. The summed E-state index contributed by atoms with van der Waals surface area (Å²) < 4.78 is 4.58. The van der Waals surface area contributed by atoms with Gasteiger partial charge in [0.2, 0.25) is 0 Å². The SMILES string of the molecule is CC(=O)O[C@H](CC(C)C)C(=O)O. The number of hydrogen-bond donors (Lipinski definition) is 1. The Morgan fingerprint density at radius 1 is 1.42 bits per heavy atom. The molecule has 0 amide bonds. The summed E-state index contributed by atoms with van der Waals surface area (Å²) in [5, 5.41) is 8.59. The summed E-state index contributed by atoms with van der Waals surface area (Å²) in [7, 11) is 0. The highest BCUT2D eigenvalue weighted by molar-refractivity contribution is 5.76. The molecular formula is C8H14O4. The lowest BCUT2D eigenvalue weighted by molar-refractivity contribution is -0.163. The largest absolute Gasteiger partial charge is 0.479 e. The van der Waals surface area contributed by atoms with Gasteiger partial charge in [-0.2, -0.15) is 0 Å². The third-order valence-corrected chi connectivity index (χ3v) is 1.27. The summed E-state index contributed by atoms with van der Waals surface area (Å²) in [6.07, 6.45) is -0.642. The van der Waals surface area contributed by atoms with Crippen LogP contribution < -0.4 is 0 Å². The lowest BCUT2D eigenvalue weighted by Crippen LogP contribution is -2.27. The van der Waals surface area contributed by atoms with E-state index in [1.807, 2.05) is 13.8 Å². The fraction of sp³-hybridized carbons (Fsp3) is 0.750. The Hall–Kier alpha value is -1.06. The van der Waals surface area contributed by atoms with E-state index in [1.165, 1.54) is 6.92 Å². The summed E-state index contributed by atoms with van der Waals surface area (Å²) in [6.45, 7) is 4.95. The molecule has 4 nitrogen and oxygen atoms in total. The van der Waals surface area contributed by atoms with Crippen molar-refractivity contribution in [1.82, 2.24) is 0 Å². The number of aliphatic carboxylic acids is 1. The maximum atomic E-state index is 10.5. The van der Waals surface area contributed by atoms with Gasteiger partial charge in [-0.1, -0.05) is 13.8 Å². The van der Waals surface area contributed by atoms with Gasteiger partial charge in [-0.15, -0.1) is 0 Å². The van der Waals surface area contributed by atoms with E-state index in [0.717, 1.165) is 0 Å². The second-order valence-electron chi connectivity index (χ2n) is 3.07. The molecule has 0 fully saturated rings. The topological polar surface area (TPSA) is 63.6 Å². The van der Waals surface area contributed by atoms with E-state index in [4.69, 9.17) is 5.11 Å². The molecule has 0 spiro atoms. The normalized spacial score (nSPS) is 12.7. The van der Waals surface area contributed by atoms with E-state index in [-0.39, 0.29) is 5.92 Å². The first-order chi connectivity index (χ1) is 5.43. The maximum absolute atomic E-state index is 10.5. The van der Waals surface area contributed by atoms with Crippen molar-refractivity contribution in [2.24, 2.45) is 5.92 Å². The van der Waals surface area contributed by atoms with Gasteiger partial charge in [0, 0.05) is 6.92 Å². The monoisotopic (exact) mass is 174 g/mol. The summed E-state index contributed by atoms with van der Waals surface area (Å²) in [5.41, 5.74) is 0. The molecule has 0 unspecified atom stereocenters. The quantitative estimate of drug-likeness (QED) is 0.647. The number of hydrogen-bond acceptors (Lipinski definition) is 3. The molecule has 0 saturated heterocycles. The van der Waals surface area contributed by atoms with E-state index in [0.29, 0.717) is 6.42 Å². The first-order valence-corrected chi connectivity index (χ1v) is 3.83. The number of rotatable bonds is 4. The van der Waals surface area contributed by atoms with E-state index in [9.17, 15) is 9.59 Å². The molecule has 4 heteroatoms. The predicted molar refractivity (Wildman–Crippen MR) is 42.6 cm³/mol. The predicted octanol–water partition coefficient (Wildman–Crippen LogP) is 1.05. The minimum absolute atomic E-state index is 0.199. The van der Waals surface area contributed by atoms with Crippen molar-refractivity contribution in [2.45, 2.75) is 33.3 Å². The number of ether oxygens (including phenoxy) is 1. The Balaban J connectivity index is 4.04. The molecule has 1 atom stereocenters. The lowest BCUT2D eigenvalue weighted by Gasteiger charge is -2.13. The van der Waals surface area contributed by atoms with Crippen LogP contribution in [0.25, 0.3) is 0 Å². The summed E-state index contributed by atoms with van der Waals surface area (Å²) in [5.74, 6) is -1.44. The van der Waals surface area contributed by atoms with Crippen molar-refractivity contribution < 1.29 is 19.4 Å². The van der Waals surface area contributed by atoms with Gasteiger partial charge in [0.1, 0.15) is 0 Å². The van der Waals surface area contributed by atoms with E-state index < -0.39 is 18.0 Å². The molecule has 1 N–H and O–H groups in total. The number of esters is 1. The first kappa shape index (κ1) is 10.9. The first-order valence-electron chi connectivity index (χ1n) is 3.83. The van der Waals surface area contributed by atoms with Crippen LogP contribution in [0.3, 0.4) is 0 Å². The molecule has 70 valence electrons. The zero-order valence-corrected chi connectivity index (χ0v) is 7.53. The molecule has 0 aromatic rings. The molecule has 0 aromatic carbocycles. The highest BCUT2D eigenvalue weighted by atomic mass is 16.6. The molecule has 0 saturated carbocycles. The Labute approximate surface area is 71.5 Å². The summed E-state index contributed by atoms with van der Waals surface area (Å²) >= 11 is 0. The fourth-order valence-electron chi connectivity index (χ4n) is 0.828. The number of carbonyl (C=O) groups excluding carboxylic acids is 1. The molecular weight excluding hydrogens is 160 g/mol. The van der Waals surface area contributed by atoms with Crippen LogP contribution in [-0.4, -0.2) is 23.1 Å². The van der Waals surface area contributed by atoms with Crippen molar-refractivity contribution in [1.29, 1.82) is 0 Å². The van der Waals surface area contributed by atoms with E-state index >= 15 is 0 Å². The third kappa shape index (κ3) is 4.71. The van der Waals surface area contributed by atoms with Gasteiger partial charge < -0.3 is 9.84 Å². The zero-order valence-electron chi connectivity index (χ0n) is 7.53. The van der Waals surface area contributed by atoms with Crippen LogP contribution in [-0.2, 0) is 14.3 Å². The fourth-order valence-corrected chi connectivity index (χ4v) is 0.828. The summed E-state index contributed by atoms with van der Waals surface area (Å²) in [6, 6.07) is 0. The molecule has 0 aliphatic rings. The highest BCUT2D eigenvalue weighted by Crippen LogP contribution is 2.08. The Bertz CT molecular complexity index is 174. The van der Waals surface area contributed by atoms with Crippen LogP contribution in [0.4, 0.5) is 0 Å². The van der Waals surface area contributed by atoms with Gasteiger partial charge in [-0.3, -0.25) is 4.79 Å².